The highest BCUT2D eigenvalue weighted by atomic mass is 35.5. The zero-order valence-electron chi connectivity index (χ0n) is 13.1. The van der Waals surface area contributed by atoms with Gasteiger partial charge in [0.2, 0.25) is 5.16 Å². The van der Waals surface area contributed by atoms with Crippen molar-refractivity contribution in [2.24, 2.45) is 0 Å². The predicted octanol–water partition coefficient (Wildman–Crippen LogP) is 3.83. The van der Waals surface area contributed by atoms with Crippen molar-refractivity contribution in [1.29, 1.82) is 0 Å². The first-order chi connectivity index (χ1) is 12.2. The van der Waals surface area contributed by atoms with Gasteiger partial charge in [-0.2, -0.15) is 0 Å². The first-order valence-corrected chi connectivity index (χ1v) is 9.92. The molecular formula is C16H15ClN4O2S2. The summed E-state index contributed by atoms with van der Waals surface area (Å²) in [5.74, 6) is 8.75. The van der Waals surface area contributed by atoms with Crippen LogP contribution in [-0.4, -0.2) is 28.1 Å². The van der Waals surface area contributed by atoms with Gasteiger partial charge in [0.15, 0.2) is 17.3 Å². The van der Waals surface area contributed by atoms with Crippen LogP contribution >= 0.6 is 34.7 Å². The molecule has 2 aromatic heterocycles. The summed E-state index contributed by atoms with van der Waals surface area (Å²) in [7, 11) is 0. The third-order valence-corrected chi connectivity index (χ3v) is 5.80. The van der Waals surface area contributed by atoms with Crippen molar-refractivity contribution in [3.63, 3.8) is 0 Å². The molecule has 1 aromatic carbocycles. The van der Waals surface area contributed by atoms with E-state index in [2.05, 4.69) is 10.2 Å². The van der Waals surface area contributed by atoms with E-state index in [1.165, 1.54) is 16.4 Å². The lowest BCUT2D eigenvalue weighted by Crippen LogP contribution is -2.11. The minimum absolute atomic E-state index is 0.559. The Morgan fingerprint density at radius 2 is 2.16 bits per heavy atom. The first kappa shape index (κ1) is 16.6. The van der Waals surface area contributed by atoms with Crippen molar-refractivity contribution < 1.29 is 9.47 Å². The summed E-state index contributed by atoms with van der Waals surface area (Å²) in [6.07, 6.45) is 0.844. The van der Waals surface area contributed by atoms with E-state index in [1.54, 1.807) is 11.3 Å². The molecule has 3 aromatic rings. The Balaban J connectivity index is 1.52. The number of thioether (sulfide) groups is 1. The lowest BCUT2D eigenvalue weighted by Gasteiger charge is -2.11. The topological polar surface area (TPSA) is 75.2 Å². The normalized spacial score (nSPS) is 13.6. The van der Waals surface area contributed by atoms with E-state index in [-0.39, 0.29) is 0 Å². The Morgan fingerprint density at radius 1 is 1.28 bits per heavy atom. The average Bonchev–Trinajstić information content (AvgIpc) is 3.17. The van der Waals surface area contributed by atoms with E-state index < -0.39 is 0 Å². The van der Waals surface area contributed by atoms with Crippen LogP contribution in [0.15, 0.2) is 34.8 Å². The largest absolute Gasteiger partial charge is 0.489 e. The van der Waals surface area contributed by atoms with Crippen LogP contribution in [0.3, 0.4) is 0 Å². The molecule has 0 amide bonds. The van der Waals surface area contributed by atoms with Crippen molar-refractivity contribution in [3.05, 3.63) is 40.2 Å². The zero-order chi connectivity index (χ0) is 17.2. The lowest BCUT2D eigenvalue weighted by molar-refractivity contribution is 0.297. The molecule has 0 spiro atoms. The number of benzene rings is 1. The van der Waals surface area contributed by atoms with Gasteiger partial charge in [0.05, 0.1) is 23.1 Å². The van der Waals surface area contributed by atoms with E-state index in [1.807, 2.05) is 29.6 Å². The Morgan fingerprint density at radius 3 is 3.00 bits per heavy atom. The third kappa shape index (κ3) is 3.42. The number of aromatic nitrogens is 3. The number of hydrogen-bond acceptors (Lipinski definition) is 7. The fourth-order valence-corrected chi connectivity index (χ4v) is 4.24. The third-order valence-electron chi connectivity index (χ3n) is 3.64. The summed E-state index contributed by atoms with van der Waals surface area (Å²) in [6, 6.07) is 7.77. The van der Waals surface area contributed by atoms with E-state index >= 15 is 0 Å². The maximum atomic E-state index is 6.33. The molecule has 1 aliphatic rings. The van der Waals surface area contributed by atoms with Gasteiger partial charge in [0, 0.05) is 12.2 Å². The Labute approximate surface area is 157 Å². The highest BCUT2D eigenvalue weighted by molar-refractivity contribution is 7.98. The van der Waals surface area contributed by atoms with E-state index in [0.29, 0.717) is 46.5 Å². The molecule has 0 atom stereocenters. The van der Waals surface area contributed by atoms with Crippen LogP contribution in [0.2, 0.25) is 5.02 Å². The van der Waals surface area contributed by atoms with Gasteiger partial charge < -0.3 is 15.3 Å². The van der Waals surface area contributed by atoms with E-state index in [9.17, 15) is 0 Å². The molecule has 0 unspecified atom stereocenters. The minimum atomic E-state index is 0.559. The summed E-state index contributed by atoms with van der Waals surface area (Å²) >= 11 is 9.41. The smallest absolute Gasteiger partial charge is 0.210 e. The summed E-state index contributed by atoms with van der Waals surface area (Å²) in [5, 5.41) is 11.5. The van der Waals surface area contributed by atoms with Gasteiger partial charge in [-0.25, -0.2) is 4.68 Å². The maximum Gasteiger partial charge on any atom is 0.210 e. The summed E-state index contributed by atoms with van der Waals surface area (Å²) < 4.78 is 12.9. The van der Waals surface area contributed by atoms with Gasteiger partial charge in [0.25, 0.3) is 0 Å². The van der Waals surface area contributed by atoms with E-state index in [0.717, 1.165) is 16.9 Å². The fourth-order valence-electron chi connectivity index (χ4n) is 2.46. The van der Waals surface area contributed by atoms with Crippen molar-refractivity contribution in [1.82, 2.24) is 14.9 Å². The van der Waals surface area contributed by atoms with Crippen LogP contribution in [0.1, 0.15) is 12.0 Å². The van der Waals surface area contributed by atoms with Gasteiger partial charge in [0.1, 0.15) is 0 Å². The van der Waals surface area contributed by atoms with Gasteiger partial charge >= 0.3 is 0 Å². The standard InChI is InChI=1S/C16H15ClN4O2S2/c17-11-7-10(8-12-14(11)23-5-2-4-22-12)9-25-16-20-19-15(21(16)18)13-3-1-6-24-13/h1,3,6-8H,2,4-5,9,18H2. The Kier molecular flexibility index (Phi) is 4.74. The van der Waals surface area contributed by atoms with Gasteiger partial charge in [-0.15, -0.1) is 21.5 Å². The Bertz CT molecular complexity index is 883. The van der Waals surface area contributed by atoms with Crippen LogP contribution in [0, 0.1) is 0 Å². The lowest BCUT2D eigenvalue weighted by atomic mass is 10.2. The second-order valence-electron chi connectivity index (χ2n) is 5.40. The minimum Gasteiger partial charge on any atom is -0.489 e. The summed E-state index contributed by atoms with van der Waals surface area (Å²) in [6.45, 7) is 1.24. The number of hydrogen-bond donors (Lipinski definition) is 1. The molecule has 0 radical (unpaired) electrons. The number of ether oxygens (including phenoxy) is 2. The highest BCUT2D eigenvalue weighted by Crippen LogP contribution is 2.39. The highest BCUT2D eigenvalue weighted by Gasteiger charge is 2.17. The van der Waals surface area contributed by atoms with Crippen LogP contribution in [0.5, 0.6) is 11.5 Å². The van der Waals surface area contributed by atoms with Crippen molar-refractivity contribution in [2.75, 3.05) is 19.1 Å². The van der Waals surface area contributed by atoms with Gasteiger partial charge in [-0.3, -0.25) is 0 Å². The molecule has 4 rings (SSSR count). The molecular weight excluding hydrogens is 380 g/mol. The molecule has 0 bridgehead atoms. The zero-order valence-corrected chi connectivity index (χ0v) is 15.5. The quantitative estimate of drug-likeness (QED) is 0.535. The molecule has 0 saturated carbocycles. The molecule has 3 heterocycles. The van der Waals surface area contributed by atoms with Crippen LogP contribution in [-0.2, 0) is 5.75 Å². The Hall–Kier alpha value is -1.90. The van der Waals surface area contributed by atoms with Crippen LogP contribution in [0.4, 0.5) is 0 Å². The molecule has 6 nitrogen and oxygen atoms in total. The second kappa shape index (κ2) is 7.15. The monoisotopic (exact) mass is 394 g/mol. The number of nitrogens with zero attached hydrogens (tertiary/aromatic N) is 3. The molecule has 25 heavy (non-hydrogen) atoms. The van der Waals surface area contributed by atoms with Crippen LogP contribution in [0.25, 0.3) is 10.7 Å². The molecule has 1 aliphatic heterocycles. The summed E-state index contributed by atoms with van der Waals surface area (Å²) in [4.78, 5) is 0.987. The number of thiophene rings is 1. The molecule has 130 valence electrons. The maximum absolute atomic E-state index is 6.33. The van der Waals surface area contributed by atoms with Crippen molar-refractivity contribution in [2.45, 2.75) is 17.3 Å². The molecule has 0 fully saturated rings. The molecule has 0 saturated heterocycles. The fraction of sp³-hybridized carbons (Fsp3) is 0.250. The molecule has 9 heteroatoms. The van der Waals surface area contributed by atoms with Crippen LogP contribution < -0.4 is 15.3 Å². The number of fused-ring (bicyclic) bond motifs is 1. The van der Waals surface area contributed by atoms with Crippen molar-refractivity contribution >= 4 is 34.7 Å². The summed E-state index contributed by atoms with van der Waals surface area (Å²) in [5.41, 5.74) is 1.01. The van der Waals surface area contributed by atoms with Gasteiger partial charge in [-0.05, 0) is 29.1 Å². The second-order valence-corrected chi connectivity index (χ2v) is 7.69. The van der Waals surface area contributed by atoms with E-state index in [4.69, 9.17) is 26.9 Å². The predicted molar refractivity (Wildman–Crippen MR) is 100 cm³/mol. The molecule has 0 aliphatic carbocycles. The van der Waals surface area contributed by atoms with Gasteiger partial charge in [-0.1, -0.05) is 29.4 Å². The van der Waals surface area contributed by atoms with Crippen molar-refractivity contribution in [3.8, 4) is 22.2 Å². The number of nitrogen functional groups attached to an aromatic ring is 1. The number of halogens is 1. The first-order valence-electron chi connectivity index (χ1n) is 7.67. The average molecular weight is 395 g/mol. The number of rotatable bonds is 4. The molecule has 2 N–H and O–H groups in total. The SMILES string of the molecule is Nn1c(SCc2cc(Cl)c3c(c2)OCCCO3)nnc1-c1cccs1. The number of nitrogens with two attached hydrogens (primary N) is 1.